The predicted octanol–water partition coefficient (Wildman–Crippen LogP) is 0.423. The highest BCUT2D eigenvalue weighted by Crippen LogP contribution is 2.24. The van der Waals surface area contributed by atoms with Crippen molar-refractivity contribution in [1.82, 2.24) is 15.5 Å². The highest BCUT2D eigenvalue weighted by atomic mass is 16.2. The fourth-order valence-electron chi connectivity index (χ4n) is 3.14. The number of imide groups is 1. The first-order valence-corrected chi connectivity index (χ1v) is 7.91. The summed E-state index contributed by atoms with van der Waals surface area (Å²) >= 11 is 0. The van der Waals surface area contributed by atoms with E-state index in [1.807, 2.05) is 24.1 Å². The molecule has 2 heterocycles. The molecule has 23 heavy (non-hydrogen) atoms. The SMILES string of the molecule is CN(Cc1cc(C2CNC2)ccc1C=O)C1CCC(=O)NC1=O. The van der Waals surface area contributed by atoms with Crippen LogP contribution in [0.5, 0.6) is 0 Å². The average Bonchev–Trinajstić information content (AvgIpc) is 2.45. The lowest BCUT2D eigenvalue weighted by molar-refractivity contribution is -0.137. The lowest BCUT2D eigenvalue weighted by atomic mass is 9.90. The summed E-state index contributed by atoms with van der Waals surface area (Å²) in [5.41, 5.74) is 2.80. The Morgan fingerprint density at radius 2 is 2.09 bits per heavy atom. The Morgan fingerprint density at radius 1 is 1.30 bits per heavy atom. The minimum absolute atomic E-state index is 0.215. The third-order valence-electron chi connectivity index (χ3n) is 4.71. The van der Waals surface area contributed by atoms with Gasteiger partial charge in [0.15, 0.2) is 0 Å². The van der Waals surface area contributed by atoms with Gasteiger partial charge in [0.25, 0.3) is 0 Å². The molecule has 0 saturated carbocycles. The first-order chi connectivity index (χ1) is 11.1. The Labute approximate surface area is 135 Å². The molecule has 122 valence electrons. The van der Waals surface area contributed by atoms with Gasteiger partial charge >= 0.3 is 0 Å². The van der Waals surface area contributed by atoms with E-state index in [9.17, 15) is 14.4 Å². The Hall–Kier alpha value is -2.05. The van der Waals surface area contributed by atoms with Crippen LogP contribution in [-0.2, 0) is 16.1 Å². The van der Waals surface area contributed by atoms with E-state index in [2.05, 4.69) is 16.7 Å². The zero-order valence-electron chi connectivity index (χ0n) is 13.2. The summed E-state index contributed by atoms with van der Waals surface area (Å²) in [5, 5.41) is 5.62. The zero-order chi connectivity index (χ0) is 16.4. The minimum atomic E-state index is -0.332. The molecule has 6 heteroatoms. The van der Waals surface area contributed by atoms with Gasteiger partial charge in [-0.1, -0.05) is 18.2 Å². The van der Waals surface area contributed by atoms with E-state index in [1.165, 1.54) is 5.56 Å². The van der Waals surface area contributed by atoms with Crippen LogP contribution in [0.15, 0.2) is 18.2 Å². The molecule has 1 aromatic rings. The van der Waals surface area contributed by atoms with Crippen LogP contribution in [0.3, 0.4) is 0 Å². The van der Waals surface area contributed by atoms with Gasteiger partial charge in [0.1, 0.15) is 6.29 Å². The Bertz CT molecular complexity index is 640. The van der Waals surface area contributed by atoms with Crippen LogP contribution in [0, 0.1) is 0 Å². The fraction of sp³-hybridized carbons (Fsp3) is 0.471. The number of aldehydes is 1. The van der Waals surface area contributed by atoms with Crippen molar-refractivity contribution in [3.63, 3.8) is 0 Å². The monoisotopic (exact) mass is 315 g/mol. The summed E-state index contributed by atoms with van der Waals surface area (Å²) in [6.45, 7) is 2.43. The van der Waals surface area contributed by atoms with Gasteiger partial charge in [-0.15, -0.1) is 0 Å². The third-order valence-corrected chi connectivity index (χ3v) is 4.71. The van der Waals surface area contributed by atoms with Crippen LogP contribution in [0.25, 0.3) is 0 Å². The molecular weight excluding hydrogens is 294 g/mol. The number of amides is 2. The van der Waals surface area contributed by atoms with Gasteiger partial charge in [0, 0.05) is 37.5 Å². The van der Waals surface area contributed by atoms with Crippen molar-refractivity contribution in [2.75, 3.05) is 20.1 Å². The number of hydrogen-bond donors (Lipinski definition) is 2. The summed E-state index contributed by atoms with van der Waals surface area (Å²) in [4.78, 5) is 36.4. The molecule has 1 unspecified atom stereocenters. The van der Waals surface area contributed by atoms with E-state index in [-0.39, 0.29) is 17.9 Å². The Balaban J connectivity index is 1.76. The average molecular weight is 315 g/mol. The van der Waals surface area contributed by atoms with Gasteiger partial charge in [0.05, 0.1) is 6.04 Å². The summed E-state index contributed by atoms with van der Waals surface area (Å²) in [7, 11) is 1.85. The maximum atomic E-state index is 12.0. The third kappa shape index (κ3) is 3.33. The first-order valence-electron chi connectivity index (χ1n) is 7.91. The summed E-state index contributed by atoms with van der Waals surface area (Å²) in [6, 6.07) is 5.60. The molecule has 2 aliphatic heterocycles. The fourth-order valence-corrected chi connectivity index (χ4v) is 3.14. The second-order valence-electron chi connectivity index (χ2n) is 6.31. The Morgan fingerprint density at radius 3 is 2.70 bits per heavy atom. The van der Waals surface area contributed by atoms with Gasteiger partial charge in [-0.2, -0.15) is 0 Å². The highest BCUT2D eigenvalue weighted by Gasteiger charge is 2.30. The molecule has 6 nitrogen and oxygen atoms in total. The molecule has 0 spiro atoms. The van der Waals surface area contributed by atoms with E-state index in [1.54, 1.807) is 0 Å². The molecule has 2 fully saturated rings. The first kappa shape index (κ1) is 15.8. The molecule has 0 radical (unpaired) electrons. The van der Waals surface area contributed by atoms with Crippen molar-refractivity contribution in [2.24, 2.45) is 0 Å². The molecule has 0 aliphatic carbocycles. The number of piperidine rings is 1. The van der Waals surface area contributed by atoms with Gasteiger partial charge < -0.3 is 5.32 Å². The molecular formula is C17H21N3O3. The van der Waals surface area contributed by atoms with Gasteiger partial charge in [-0.05, 0) is 24.6 Å². The van der Waals surface area contributed by atoms with Crippen LogP contribution in [0.1, 0.15) is 40.2 Å². The normalized spacial score (nSPS) is 21.9. The topological polar surface area (TPSA) is 78.5 Å². The molecule has 2 aliphatic rings. The van der Waals surface area contributed by atoms with Gasteiger partial charge in [-0.25, -0.2) is 0 Å². The molecule has 1 aromatic carbocycles. The second kappa shape index (κ2) is 6.60. The predicted molar refractivity (Wildman–Crippen MR) is 85.1 cm³/mol. The minimum Gasteiger partial charge on any atom is -0.315 e. The van der Waals surface area contributed by atoms with Crippen LogP contribution >= 0.6 is 0 Å². The molecule has 3 rings (SSSR count). The van der Waals surface area contributed by atoms with Crippen molar-refractivity contribution < 1.29 is 14.4 Å². The number of likely N-dealkylation sites (N-methyl/N-ethyl adjacent to an activating group) is 1. The maximum Gasteiger partial charge on any atom is 0.243 e. The van der Waals surface area contributed by atoms with Crippen molar-refractivity contribution in [2.45, 2.75) is 31.3 Å². The number of benzene rings is 1. The molecule has 2 saturated heterocycles. The lowest BCUT2D eigenvalue weighted by Gasteiger charge is -2.31. The van der Waals surface area contributed by atoms with E-state index in [0.717, 1.165) is 24.9 Å². The quantitative estimate of drug-likeness (QED) is 0.608. The van der Waals surface area contributed by atoms with E-state index in [4.69, 9.17) is 0 Å². The smallest absolute Gasteiger partial charge is 0.243 e. The van der Waals surface area contributed by atoms with Crippen LogP contribution < -0.4 is 10.6 Å². The van der Waals surface area contributed by atoms with Crippen LogP contribution in [-0.4, -0.2) is 49.2 Å². The summed E-state index contributed by atoms with van der Waals surface area (Å²) in [6.07, 6.45) is 1.73. The number of carbonyl (C=O) groups is 3. The molecule has 0 aromatic heterocycles. The molecule has 2 N–H and O–H groups in total. The van der Waals surface area contributed by atoms with E-state index in [0.29, 0.717) is 30.9 Å². The molecule has 0 bridgehead atoms. The summed E-state index contributed by atoms with van der Waals surface area (Å²) in [5.74, 6) is 0.0267. The molecule has 1 atom stereocenters. The maximum absolute atomic E-state index is 12.0. The number of rotatable bonds is 5. The zero-order valence-corrected chi connectivity index (χ0v) is 13.2. The van der Waals surface area contributed by atoms with Crippen molar-refractivity contribution >= 4 is 18.1 Å². The number of hydrogen-bond acceptors (Lipinski definition) is 5. The Kier molecular flexibility index (Phi) is 4.54. The summed E-state index contributed by atoms with van der Waals surface area (Å²) < 4.78 is 0. The lowest BCUT2D eigenvalue weighted by Crippen LogP contribution is -2.51. The number of nitrogens with one attached hydrogen (secondary N) is 2. The standard InChI is InChI=1S/C17H21N3O3/c1-20(15-4-5-16(22)19-17(15)23)9-13-6-11(14-7-18-8-14)2-3-12(13)10-21/h2-3,6,10,14-15,18H,4-5,7-9H2,1H3,(H,19,22,23). The van der Waals surface area contributed by atoms with Gasteiger partial charge in [0.2, 0.25) is 11.8 Å². The number of nitrogens with zero attached hydrogens (tertiary/aromatic N) is 1. The van der Waals surface area contributed by atoms with Crippen LogP contribution in [0.4, 0.5) is 0 Å². The van der Waals surface area contributed by atoms with E-state index >= 15 is 0 Å². The second-order valence-corrected chi connectivity index (χ2v) is 6.31. The molecule has 2 amide bonds. The van der Waals surface area contributed by atoms with Crippen molar-refractivity contribution in [3.05, 3.63) is 34.9 Å². The van der Waals surface area contributed by atoms with E-state index < -0.39 is 0 Å². The van der Waals surface area contributed by atoms with Crippen molar-refractivity contribution in [1.29, 1.82) is 0 Å². The van der Waals surface area contributed by atoms with Crippen LogP contribution in [0.2, 0.25) is 0 Å². The largest absolute Gasteiger partial charge is 0.315 e. The highest BCUT2D eigenvalue weighted by molar-refractivity contribution is 6.00. The van der Waals surface area contributed by atoms with Gasteiger partial charge in [-0.3, -0.25) is 24.6 Å². The van der Waals surface area contributed by atoms with Crippen molar-refractivity contribution in [3.8, 4) is 0 Å². The number of carbonyl (C=O) groups excluding carboxylic acids is 3.